The number of ether oxygens (including phenoxy) is 2. The highest BCUT2D eigenvalue weighted by molar-refractivity contribution is 9.10. The van der Waals surface area contributed by atoms with Gasteiger partial charge in [-0.25, -0.2) is 4.39 Å². The van der Waals surface area contributed by atoms with Crippen molar-refractivity contribution < 1.29 is 13.9 Å². The normalized spacial score (nSPS) is 10.6. The Morgan fingerprint density at radius 2 is 1.61 bits per heavy atom. The SMILES string of the molecule is CCOc1cc(CNc2ccc(Br)cc2)cc(Br)c1OCc1ccc(F)cc1. The van der Waals surface area contributed by atoms with Gasteiger partial charge < -0.3 is 14.8 Å². The summed E-state index contributed by atoms with van der Waals surface area (Å²) >= 11 is 7.03. The van der Waals surface area contributed by atoms with E-state index in [1.165, 1.54) is 12.1 Å². The summed E-state index contributed by atoms with van der Waals surface area (Å²) in [6.07, 6.45) is 0. The van der Waals surface area contributed by atoms with Gasteiger partial charge in [0, 0.05) is 16.7 Å². The van der Waals surface area contributed by atoms with E-state index in [1.54, 1.807) is 12.1 Å². The van der Waals surface area contributed by atoms with Crippen molar-refractivity contribution in [1.29, 1.82) is 0 Å². The van der Waals surface area contributed by atoms with Crippen LogP contribution in [0.4, 0.5) is 10.1 Å². The molecule has 3 rings (SSSR count). The predicted molar refractivity (Wildman–Crippen MR) is 118 cm³/mol. The van der Waals surface area contributed by atoms with Crippen LogP contribution in [0, 0.1) is 5.82 Å². The smallest absolute Gasteiger partial charge is 0.175 e. The third-order valence-electron chi connectivity index (χ3n) is 4.01. The predicted octanol–water partition coefficient (Wildman–Crippen LogP) is 6.94. The van der Waals surface area contributed by atoms with Crippen LogP contribution in [0.5, 0.6) is 11.5 Å². The van der Waals surface area contributed by atoms with Gasteiger partial charge in [0.2, 0.25) is 0 Å². The van der Waals surface area contributed by atoms with Crippen molar-refractivity contribution in [3.8, 4) is 11.5 Å². The van der Waals surface area contributed by atoms with Crippen molar-refractivity contribution in [2.45, 2.75) is 20.1 Å². The molecule has 28 heavy (non-hydrogen) atoms. The van der Waals surface area contributed by atoms with E-state index in [0.717, 1.165) is 25.8 Å². The molecule has 0 fully saturated rings. The van der Waals surface area contributed by atoms with E-state index in [2.05, 4.69) is 37.2 Å². The molecule has 0 atom stereocenters. The van der Waals surface area contributed by atoms with Gasteiger partial charge in [0.05, 0.1) is 11.1 Å². The number of anilines is 1. The molecule has 0 radical (unpaired) electrons. The standard InChI is InChI=1S/C22H20Br2FNO2/c1-2-27-21-12-16(13-26-19-9-5-17(23)6-10-19)11-20(24)22(21)28-14-15-3-7-18(25)8-4-15/h3-12,26H,2,13-14H2,1H3. The van der Waals surface area contributed by atoms with E-state index in [-0.39, 0.29) is 5.82 Å². The van der Waals surface area contributed by atoms with Crippen molar-refractivity contribution in [1.82, 2.24) is 0 Å². The van der Waals surface area contributed by atoms with Crippen LogP contribution in [0.3, 0.4) is 0 Å². The van der Waals surface area contributed by atoms with E-state index in [4.69, 9.17) is 9.47 Å². The zero-order valence-corrected chi connectivity index (χ0v) is 18.5. The summed E-state index contributed by atoms with van der Waals surface area (Å²) in [6, 6.07) is 18.3. The topological polar surface area (TPSA) is 30.5 Å². The quantitative estimate of drug-likeness (QED) is 0.357. The Kier molecular flexibility index (Phi) is 7.34. The Balaban J connectivity index is 1.73. The molecule has 0 unspecified atom stereocenters. The average Bonchev–Trinajstić information content (AvgIpc) is 2.68. The first-order valence-electron chi connectivity index (χ1n) is 8.87. The molecular formula is C22H20Br2FNO2. The molecule has 0 saturated heterocycles. The van der Waals surface area contributed by atoms with E-state index in [9.17, 15) is 4.39 Å². The molecule has 0 spiro atoms. The molecule has 3 aromatic rings. The number of halogens is 3. The number of nitrogens with one attached hydrogen (secondary N) is 1. The van der Waals surface area contributed by atoms with Gasteiger partial charge in [-0.05, 0) is 82.5 Å². The third-order valence-corrected chi connectivity index (χ3v) is 5.12. The van der Waals surface area contributed by atoms with E-state index < -0.39 is 0 Å². The summed E-state index contributed by atoms with van der Waals surface area (Å²) in [7, 11) is 0. The van der Waals surface area contributed by atoms with Crippen LogP contribution in [0.1, 0.15) is 18.1 Å². The molecule has 3 aromatic carbocycles. The zero-order chi connectivity index (χ0) is 19.9. The first-order chi connectivity index (χ1) is 13.5. The summed E-state index contributed by atoms with van der Waals surface area (Å²) in [4.78, 5) is 0. The molecule has 0 saturated carbocycles. The minimum absolute atomic E-state index is 0.262. The molecule has 0 heterocycles. The van der Waals surface area contributed by atoms with E-state index in [0.29, 0.717) is 31.3 Å². The molecule has 0 bridgehead atoms. The molecular weight excluding hydrogens is 489 g/mol. The molecule has 0 aromatic heterocycles. The van der Waals surface area contributed by atoms with Crippen molar-refractivity contribution >= 4 is 37.5 Å². The fourth-order valence-corrected chi connectivity index (χ4v) is 3.50. The monoisotopic (exact) mass is 507 g/mol. The molecule has 0 aliphatic carbocycles. The van der Waals surface area contributed by atoms with Crippen LogP contribution in [-0.2, 0) is 13.2 Å². The first-order valence-corrected chi connectivity index (χ1v) is 10.5. The average molecular weight is 509 g/mol. The molecule has 6 heteroatoms. The lowest BCUT2D eigenvalue weighted by molar-refractivity contribution is 0.267. The Hall–Kier alpha value is -2.05. The highest BCUT2D eigenvalue weighted by Gasteiger charge is 2.13. The Labute approximate surface area is 181 Å². The molecule has 146 valence electrons. The maximum absolute atomic E-state index is 13.1. The Morgan fingerprint density at radius 1 is 0.893 bits per heavy atom. The van der Waals surface area contributed by atoms with Crippen molar-refractivity contribution in [3.05, 3.63) is 86.6 Å². The van der Waals surface area contributed by atoms with Gasteiger partial charge >= 0.3 is 0 Å². The summed E-state index contributed by atoms with van der Waals surface area (Å²) in [6.45, 7) is 3.45. The molecule has 3 nitrogen and oxygen atoms in total. The van der Waals surface area contributed by atoms with Gasteiger partial charge in [-0.15, -0.1) is 0 Å². The Bertz CT molecular complexity index is 915. The van der Waals surface area contributed by atoms with E-state index in [1.807, 2.05) is 43.3 Å². The Morgan fingerprint density at radius 3 is 2.29 bits per heavy atom. The maximum atomic E-state index is 13.1. The highest BCUT2D eigenvalue weighted by atomic mass is 79.9. The summed E-state index contributed by atoms with van der Waals surface area (Å²) in [5, 5.41) is 3.39. The van der Waals surface area contributed by atoms with Crippen LogP contribution < -0.4 is 14.8 Å². The number of hydrogen-bond acceptors (Lipinski definition) is 3. The maximum Gasteiger partial charge on any atom is 0.175 e. The van der Waals surface area contributed by atoms with Gasteiger partial charge in [0.15, 0.2) is 11.5 Å². The summed E-state index contributed by atoms with van der Waals surface area (Å²) in [5.74, 6) is 1.05. The largest absolute Gasteiger partial charge is 0.490 e. The zero-order valence-electron chi connectivity index (χ0n) is 15.3. The number of hydrogen-bond donors (Lipinski definition) is 1. The summed E-state index contributed by atoms with van der Waals surface area (Å²) < 4.78 is 26.7. The van der Waals surface area contributed by atoms with Crippen molar-refractivity contribution in [2.24, 2.45) is 0 Å². The third kappa shape index (κ3) is 5.72. The number of rotatable bonds is 8. The van der Waals surface area contributed by atoms with Crippen LogP contribution in [0.25, 0.3) is 0 Å². The van der Waals surface area contributed by atoms with Gasteiger partial charge in [-0.2, -0.15) is 0 Å². The molecule has 0 aliphatic heterocycles. The molecule has 1 N–H and O–H groups in total. The second-order valence-corrected chi connectivity index (χ2v) is 7.88. The first kappa shape index (κ1) is 20.7. The minimum Gasteiger partial charge on any atom is -0.490 e. The van der Waals surface area contributed by atoms with Gasteiger partial charge in [-0.3, -0.25) is 0 Å². The van der Waals surface area contributed by atoms with Gasteiger partial charge in [0.1, 0.15) is 12.4 Å². The summed E-state index contributed by atoms with van der Waals surface area (Å²) in [5.41, 5.74) is 2.98. The van der Waals surface area contributed by atoms with Crippen LogP contribution in [0.2, 0.25) is 0 Å². The van der Waals surface area contributed by atoms with Crippen LogP contribution in [-0.4, -0.2) is 6.61 Å². The number of benzene rings is 3. The van der Waals surface area contributed by atoms with Crippen molar-refractivity contribution in [2.75, 3.05) is 11.9 Å². The second kappa shape index (κ2) is 9.94. The fraction of sp³-hybridized carbons (Fsp3) is 0.182. The van der Waals surface area contributed by atoms with Gasteiger partial charge in [-0.1, -0.05) is 28.1 Å². The second-order valence-electron chi connectivity index (χ2n) is 6.11. The minimum atomic E-state index is -0.262. The molecule has 0 aliphatic rings. The van der Waals surface area contributed by atoms with Crippen molar-refractivity contribution in [3.63, 3.8) is 0 Å². The lowest BCUT2D eigenvalue weighted by atomic mass is 10.2. The molecule has 0 amide bonds. The van der Waals surface area contributed by atoms with E-state index >= 15 is 0 Å². The van der Waals surface area contributed by atoms with Crippen LogP contribution >= 0.6 is 31.9 Å². The van der Waals surface area contributed by atoms with Crippen LogP contribution in [0.15, 0.2) is 69.6 Å². The van der Waals surface area contributed by atoms with Gasteiger partial charge in [0.25, 0.3) is 0 Å². The fourth-order valence-electron chi connectivity index (χ4n) is 2.63. The lowest BCUT2D eigenvalue weighted by Crippen LogP contribution is -2.04. The highest BCUT2D eigenvalue weighted by Crippen LogP contribution is 2.37. The lowest BCUT2D eigenvalue weighted by Gasteiger charge is -2.16.